The van der Waals surface area contributed by atoms with Crippen molar-refractivity contribution < 1.29 is 50.0 Å². The number of ether oxygens (including phenoxy) is 3. The molecular weight excluding hydrogens is 292 g/mol. The van der Waals surface area contributed by atoms with E-state index in [2.05, 4.69) is 0 Å². The highest BCUT2D eigenvalue weighted by Crippen LogP contribution is 2.24. The molecule has 2 saturated heterocycles. The topological polar surface area (TPSA) is 169 Å². The van der Waals surface area contributed by atoms with E-state index in [0.717, 1.165) is 0 Å². The predicted molar refractivity (Wildman–Crippen MR) is 62.6 cm³/mol. The molecule has 124 valence electrons. The van der Waals surface area contributed by atoms with E-state index in [-0.39, 0.29) is 6.61 Å². The summed E-state index contributed by atoms with van der Waals surface area (Å²) < 4.78 is 15.1. The van der Waals surface area contributed by atoms with Crippen molar-refractivity contribution in [2.24, 2.45) is 0 Å². The smallest absolute Gasteiger partial charge is 0.186 e. The molecule has 10 heteroatoms. The Hall–Kier alpha value is -0.400. The van der Waals surface area contributed by atoms with E-state index >= 15 is 0 Å². The average Bonchev–Trinajstić information content (AvgIpc) is 2.71. The fourth-order valence-electron chi connectivity index (χ4n) is 2.26. The molecule has 0 aromatic carbocycles. The molecule has 0 aromatic heterocycles. The summed E-state index contributed by atoms with van der Waals surface area (Å²) in [6, 6.07) is 0. The largest absolute Gasteiger partial charge is 0.394 e. The summed E-state index contributed by atoms with van der Waals surface area (Å²) >= 11 is 0. The summed E-state index contributed by atoms with van der Waals surface area (Å²) in [5.41, 5.74) is 0. The summed E-state index contributed by atoms with van der Waals surface area (Å²) in [4.78, 5) is 0. The minimum Gasteiger partial charge on any atom is -0.394 e. The van der Waals surface area contributed by atoms with Crippen LogP contribution >= 0.6 is 0 Å². The van der Waals surface area contributed by atoms with Crippen LogP contribution in [0.2, 0.25) is 0 Å². The maximum Gasteiger partial charge on any atom is 0.186 e. The summed E-state index contributed by atoms with van der Waals surface area (Å²) in [6.45, 7) is -0.942. The van der Waals surface area contributed by atoms with E-state index in [1.54, 1.807) is 0 Å². The minimum absolute atomic E-state index is 0.349. The zero-order chi connectivity index (χ0) is 15.7. The summed E-state index contributed by atoms with van der Waals surface area (Å²) in [5.74, 6) is 0. The molecule has 0 bridgehead atoms. The fraction of sp³-hybridized carbons (Fsp3) is 1.00. The molecule has 2 rings (SSSR count). The van der Waals surface area contributed by atoms with E-state index in [1.165, 1.54) is 0 Å². The van der Waals surface area contributed by atoms with Crippen LogP contribution in [-0.2, 0) is 14.2 Å². The Kier molecular flexibility index (Phi) is 5.48. The Morgan fingerprint density at radius 3 is 1.86 bits per heavy atom. The molecule has 0 aliphatic carbocycles. The highest BCUT2D eigenvalue weighted by molar-refractivity contribution is 4.90. The van der Waals surface area contributed by atoms with Gasteiger partial charge in [0.2, 0.25) is 0 Å². The van der Waals surface area contributed by atoms with Gasteiger partial charge in [0, 0.05) is 0 Å². The number of hydrogen-bond acceptors (Lipinski definition) is 10. The molecule has 0 spiro atoms. The van der Waals surface area contributed by atoms with Gasteiger partial charge in [-0.2, -0.15) is 0 Å². The quantitative estimate of drug-likeness (QED) is 0.267. The Bertz CT molecular complexity index is 339. The summed E-state index contributed by atoms with van der Waals surface area (Å²) in [5, 5.41) is 66.0. The minimum atomic E-state index is -1.58. The highest BCUT2D eigenvalue weighted by Gasteiger charge is 2.46. The first-order chi connectivity index (χ1) is 9.86. The van der Waals surface area contributed by atoms with Crippen LogP contribution in [-0.4, -0.2) is 104 Å². The Balaban J connectivity index is 1.90. The maximum absolute atomic E-state index is 9.72. The first-order valence-corrected chi connectivity index (χ1v) is 6.48. The zero-order valence-electron chi connectivity index (χ0n) is 11.0. The SMILES string of the molecule is OC[C@H]1OC(OC[C@H]2OC(O)[C@@H](O)[C@@H]2O)[C@@H](O)[C@@H](O)[C@@H]1O. The molecule has 0 radical (unpaired) electrons. The third-order valence-corrected chi connectivity index (χ3v) is 3.61. The molecule has 9 atom stereocenters. The van der Waals surface area contributed by atoms with Crippen molar-refractivity contribution in [3.05, 3.63) is 0 Å². The highest BCUT2D eigenvalue weighted by atomic mass is 16.7. The molecule has 7 N–H and O–H groups in total. The van der Waals surface area contributed by atoms with Crippen LogP contribution in [0.5, 0.6) is 0 Å². The molecule has 10 nitrogen and oxygen atoms in total. The molecule has 2 unspecified atom stereocenters. The number of aliphatic hydroxyl groups is 7. The van der Waals surface area contributed by atoms with Gasteiger partial charge in [-0.05, 0) is 0 Å². The van der Waals surface area contributed by atoms with Gasteiger partial charge in [0.1, 0.15) is 42.7 Å². The van der Waals surface area contributed by atoms with Crippen LogP contribution in [0.15, 0.2) is 0 Å². The van der Waals surface area contributed by atoms with Crippen LogP contribution in [0, 0.1) is 0 Å². The third-order valence-electron chi connectivity index (χ3n) is 3.61. The van der Waals surface area contributed by atoms with Gasteiger partial charge in [-0.15, -0.1) is 0 Å². The molecule has 2 heterocycles. The van der Waals surface area contributed by atoms with Crippen molar-refractivity contribution in [3.63, 3.8) is 0 Å². The van der Waals surface area contributed by atoms with Crippen molar-refractivity contribution >= 4 is 0 Å². The first-order valence-electron chi connectivity index (χ1n) is 6.48. The zero-order valence-corrected chi connectivity index (χ0v) is 11.0. The number of aliphatic hydroxyl groups excluding tert-OH is 7. The molecule has 0 amide bonds. The lowest BCUT2D eigenvalue weighted by molar-refractivity contribution is -0.306. The number of rotatable bonds is 4. The standard InChI is InChI=1S/C11H20O10/c12-1-3-5(13)7(15)9(17)11(21-3)19-2-4-6(14)8(16)10(18)20-4/h3-18H,1-2H2/t3-,4-,5-,6-,7+,8+,9+,10?,11?/m1/s1. The Morgan fingerprint density at radius 2 is 1.33 bits per heavy atom. The van der Waals surface area contributed by atoms with Gasteiger partial charge < -0.3 is 50.0 Å². The van der Waals surface area contributed by atoms with Crippen LogP contribution < -0.4 is 0 Å². The van der Waals surface area contributed by atoms with Gasteiger partial charge in [0.25, 0.3) is 0 Å². The lowest BCUT2D eigenvalue weighted by atomic mass is 9.99. The van der Waals surface area contributed by atoms with Crippen LogP contribution in [0.3, 0.4) is 0 Å². The molecule has 2 fully saturated rings. The fourth-order valence-corrected chi connectivity index (χ4v) is 2.26. The lowest BCUT2D eigenvalue weighted by Crippen LogP contribution is -2.59. The van der Waals surface area contributed by atoms with Crippen molar-refractivity contribution in [1.29, 1.82) is 0 Å². The molecule has 2 aliphatic rings. The van der Waals surface area contributed by atoms with E-state index in [9.17, 15) is 30.6 Å². The monoisotopic (exact) mass is 312 g/mol. The van der Waals surface area contributed by atoms with Crippen LogP contribution in [0.4, 0.5) is 0 Å². The molecule has 21 heavy (non-hydrogen) atoms. The van der Waals surface area contributed by atoms with Gasteiger partial charge in [0.05, 0.1) is 13.2 Å². The van der Waals surface area contributed by atoms with E-state index in [0.29, 0.717) is 0 Å². The maximum atomic E-state index is 9.72. The molecular formula is C11H20O10. The second kappa shape index (κ2) is 6.79. The Morgan fingerprint density at radius 1 is 0.714 bits per heavy atom. The van der Waals surface area contributed by atoms with E-state index < -0.39 is 61.9 Å². The molecule has 0 aromatic rings. The second-order valence-electron chi connectivity index (χ2n) is 5.08. The molecule has 2 aliphatic heterocycles. The predicted octanol–water partition coefficient (Wildman–Crippen LogP) is -4.76. The van der Waals surface area contributed by atoms with Crippen molar-refractivity contribution in [2.45, 2.75) is 55.3 Å². The van der Waals surface area contributed by atoms with Crippen molar-refractivity contribution in [2.75, 3.05) is 13.2 Å². The van der Waals surface area contributed by atoms with Gasteiger partial charge in [-0.25, -0.2) is 0 Å². The third kappa shape index (κ3) is 3.35. The van der Waals surface area contributed by atoms with Gasteiger partial charge in [-0.1, -0.05) is 0 Å². The van der Waals surface area contributed by atoms with Gasteiger partial charge in [-0.3, -0.25) is 0 Å². The van der Waals surface area contributed by atoms with E-state index in [4.69, 9.17) is 19.3 Å². The first kappa shape index (κ1) is 17.0. The van der Waals surface area contributed by atoms with E-state index in [1.807, 2.05) is 0 Å². The Labute approximate surface area is 119 Å². The number of hydrogen-bond donors (Lipinski definition) is 7. The van der Waals surface area contributed by atoms with Gasteiger partial charge in [0.15, 0.2) is 12.6 Å². The van der Waals surface area contributed by atoms with Crippen molar-refractivity contribution in [1.82, 2.24) is 0 Å². The lowest BCUT2D eigenvalue weighted by Gasteiger charge is -2.39. The van der Waals surface area contributed by atoms with Crippen LogP contribution in [0.1, 0.15) is 0 Å². The summed E-state index contributed by atoms with van der Waals surface area (Å²) in [6.07, 6.45) is -12.6. The second-order valence-corrected chi connectivity index (χ2v) is 5.08. The molecule has 0 saturated carbocycles. The summed E-state index contributed by atoms with van der Waals surface area (Å²) in [7, 11) is 0. The van der Waals surface area contributed by atoms with Crippen molar-refractivity contribution in [3.8, 4) is 0 Å². The van der Waals surface area contributed by atoms with Gasteiger partial charge >= 0.3 is 0 Å². The average molecular weight is 312 g/mol. The van der Waals surface area contributed by atoms with Crippen LogP contribution in [0.25, 0.3) is 0 Å². The normalized spacial score (nSPS) is 51.3.